The molecule has 0 spiro atoms. The van der Waals surface area contributed by atoms with Crippen molar-refractivity contribution >= 4 is 21.4 Å². The fourth-order valence-electron chi connectivity index (χ4n) is 1.75. The third-order valence-corrected chi connectivity index (χ3v) is 4.92. The average Bonchev–Trinajstić information content (AvgIpc) is 2.84. The number of nitrogens with one attached hydrogen (secondary N) is 1. The molecule has 0 aliphatic rings. The Hall–Kier alpha value is -2.22. The first-order valence-corrected chi connectivity index (χ1v) is 7.77. The average molecular weight is 309 g/mol. The van der Waals surface area contributed by atoms with Crippen LogP contribution >= 0.6 is 0 Å². The molecule has 8 heteroatoms. The number of aromatic nitrogens is 2. The molecule has 1 heterocycles. The maximum Gasteiger partial charge on any atom is 0.245 e. The highest BCUT2D eigenvalue weighted by molar-refractivity contribution is 7.91. The first kappa shape index (κ1) is 15.2. The second-order valence-corrected chi connectivity index (χ2v) is 6.84. The van der Waals surface area contributed by atoms with Gasteiger partial charge in [-0.15, -0.1) is 0 Å². The smallest absolute Gasteiger partial charge is 0.245 e. The molecule has 1 amide bonds. The Morgan fingerprint density at radius 3 is 2.38 bits per heavy atom. The van der Waals surface area contributed by atoms with Crippen LogP contribution in [0.1, 0.15) is 30.8 Å². The van der Waals surface area contributed by atoms with Gasteiger partial charge in [0.05, 0.1) is 4.90 Å². The van der Waals surface area contributed by atoms with E-state index in [1.54, 1.807) is 6.92 Å². The SMILES string of the molecule is CC(=O)Nc1ccc(S(=O)(=O)C(C)c2nc(C)no2)cc1. The highest BCUT2D eigenvalue weighted by atomic mass is 32.2. The van der Waals surface area contributed by atoms with Gasteiger partial charge < -0.3 is 9.84 Å². The molecule has 0 bridgehead atoms. The van der Waals surface area contributed by atoms with Gasteiger partial charge in [-0.25, -0.2) is 8.42 Å². The van der Waals surface area contributed by atoms with Gasteiger partial charge in [-0.2, -0.15) is 4.98 Å². The number of sulfone groups is 1. The molecule has 112 valence electrons. The summed E-state index contributed by atoms with van der Waals surface area (Å²) in [5.74, 6) is 0.215. The van der Waals surface area contributed by atoms with E-state index in [4.69, 9.17) is 4.52 Å². The van der Waals surface area contributed by atoms with Gasteiger partial charge in [0, 0.05) is 12.6 Å². The van der Waals surface area contributed by atoms with E-state index in [0.717, 1.165) is 0 Å². The van der Waals surface area contributed by atoms with Crippen LogP contribution in [0.4, 0.5) is 5.69 Å². The van der Waals surface area contributed by atoms with Gasteiger partial charge in [-0.1, -0.05) is 5.16 Å². The Labute approximate surface area is 122 Å². The molecule has 21 heavy (non-hydrogen) atoms. The third-order valence-electron chi connectivity index (χ3n) is 2.86. The minimum absolute atomic E-state index is 0.0541. The summed E-state index contributed by atoms with van der Waals surface area (Å²) in [6.45, 7) is 4.49. The number of aryl methyl sites for hydroxylation is 1. The van der Waals surface area contributed by atoms with Crippen molar-refractivity contribution in [2.45, 2.75) is 30.9 Å². The maximum absolute atomic E-state index is 12.5. The molecule has 0 saturated heterocycles. The topological polar surface area (TPSA) is 102 Å². The van der Waals surface area contributed by atoms with Gasteiger partial charge in [0.2, 0.25) is 11.8 Å². The lowest BCUT2D eigenvalue weighted by atomic mass is 10.3. The van der Waals surface area contributed by atoms with E-state index in [9.17, 15) is 13.2 Å². The predicted molar refractivity (Wildman–Crippen MR) is 75.4 cm³/mol. The molecule has 1 unspecified atom stereocenters. The summed E-state index contributed by atoms with van der Waals surface area (Å²) in [4.78, 5) is 15.0. The summed E-state index contributed by atoms with van der Waals surface area (Å²) in [6.07, 6.45) is 0. The number of hydrogen-bond acceptors (Lipinski definition) is 6. The molecule has 1 atom stereocenters. The monoisotopic (exact) mass is 309 g/mol. The van der Waals surface area contributed by atoms with Crippen molar-refractivity contribution in [1.29, 1.82) is 0 Å². The van der Waals surface area contributed by atoms with Crippen LogP contribution in [-0.4, -0.2) is 24.5 Å². The molecule has 0 aliphatic carbocycles. The van der Waals surface area contributed by atoms with Crippen molar-refractivity contribution < 1.29 is 17.7 Å². The largest absolute Gasteiger partial charge is 0.338 e. The number of carbonyl (C=O) groups excluding carboxylic acids is 1. The molecular weight excluding hydrogens is 294 g/mol. The zero-order valence-electron chi connectivity index (χ0n) is 11.8. The summed E-state index contributed by atoms with van der Waals surface area (Å²) in [6, 6.07) is 5.92. The van der Waals surface area contributed by atoms with E-state index >= 15 is 0 Å². The van der Waals surface area contributed by atoms with E-state index in [1.165, 1.54) is 38.1 Å². The number of hydrogen-bond donors (Lipinski definition) is 1. The highest BCUT2D eigenvalue weighted by Gasteiger charge is 2.29. The van der Waals surface area contributed by atoms with E-state index in [-0.39, 0.29) is 16.7 Å². The number of anilines is 1. The van der Waals surface area contributed by atoms with Crippen molar-refractivity contribution in [3.63, 3.8) is 0 Å². The first-order valence-electron chi connectivity index (χ1n) is 6.22. The molecule has 0 radical (unpaired) electrons. The zero-order valence-corrected chi connectivity index (χ0v) is 12.6. The Balaban J connectivity index is 2.29. The Morgan fingerprint density at radius 1 is 1.29 bits per heavy atom. The van der Waals surface area contributed by atoms with Crippen LogP contribution in [0.2, 0.25) is 0 Å². The molecular formula is C13H15N3O4S. The molecule has 0 aliphatic heterocycles. The molecule has 2 aromatic rings. The normalized spacial score (nSPS) is 12.9. The van der Waals surface area contributed by atoms with Gasteiger partial charge in [0.15, 0.2) is 15.7 Å². The molecule has 1 N–H and O–H groups in total. The van der Waals surface area contributed by atoms with Gasteiger partial charge in [0.25, 0.3) is 0 Å². The van der Waals surface area contributed by atoms with Crippen LogP contribution in [-0.2, 0) is 14.6 Å². The van der Waals surface area contributed by atoms with Gasteiger partial charge in [-0.05, 0) is 38.1 Å². The van der Waals surface area contributed by atoms with E-state index in [2.05, 4.69) is 15.5 Å². The molecule has 7 nitrogen and oxygen atoms in total. The van der Waals surface area contributed by atoms with Gasteiger partial charge in [0.1, 0.15) is 5.25 Å². The van der Waals surface area contributed by atoms with Crippen molar-refractivity contribution in [3.05, 3.63) is 36.0 Å². The summed E-state index contributed by atoms with van der Waals surface area (Å²) in [5, 5.41) is 5.23. The van der Waals surface area contributed by atoms with Gasteiger partial charge in [-0.3, -0.25) is 4.79 Å². The molecule has 1 aromatic carbocycles. The predicted octanol–water partition coefficient (Wildman–Crippen LogP) is 1.87. The molecule has 0 saturated carbocycles. The summed E-state index contributed by atoms with van der Waals surface area (Å²) >= 11 is 0. The summed E-state index contributed by atoms with van der Waals surface area (Å²) in [5.41, 5.74) is 0.530. The Bertz CT molecular complexity index is 750. The van der Waals surface area contributed by atoms with Crippen LogP contribution < -0.4 is 5.32 Å². The van der Waals surface area contributed by atoms with Crippen LogP contribution in [0.5, 0.6) is 0 Å². The molecule has 0 fully saturated rings. The Morgan fingerprint density at radius 2 is 1.90 bits per heavy atom. The van der Waals surface area contributed by atoms with Crippen molar-refractivity contribution in [3.8, 4) is 0 Å². The lowest BCUT2D eigenvalue weighted by Gasteiger charge is -2.10. The highest BCUT2D eigenvalue weighted by Crippen LogP contribution is 2.28. The summed E-state index contributed by atoms with van der Waals surface area (Å²) in [7, 11) is -3.63. The number of benzene rings is 1. The van der Waals surface area contributed by atoms with Gasteiger partial charge >= 0.3 is 0 Å². The minimum atomic E-state index is -3.63. The number of rotatable bonds is 4. The number of carbonyl (C=O) groups is 1. The van der Waals surface area contributed by atoms with Crippen LogP contribution in [0.15, 0.2) is 33.7 Å². The van der Waals surface area contributed by atoms with E-state index in [1.807, 2.05) is 0 Å². The lowest BCUT2D eigenvalue weighted by Crippen LogP contribution is -2.11. The van der Waals surface area contributed by atoms with E-state index < -0.39 is 15.1 Å². The quantitative estimate of drug-likeness (QED) is 0.925. The summed E-state index contributed by atoms with van der Waals surface area (Å²) < 4.78 is 29.8. The minimum Gasteiger partial charge on any atom is -0.338 e. The zero-order chi connectivity index (χ0) is 15.6. The fraction of sp³-hybridized carbons (Fsp3) is 0.308. The lowest BCUT2D eigenvalue weighted by molar-refractivity contribution is -0.114. The standard InChI is InChI=1S/C13H15N3O4S/c1-8(13-14-9(2)16-20-13)21(18,19)12-6-4-11(5-7-12)15-10(3)17/h4-8H,1-3H3,(H,15,17). The van der Waals surface area contributed by atoms with E-state index in [0.29, 0.717) is 11.5 Å². The molecule has 2 rings (SSSR count). The van der Waals surface area contributed by atoms with Crippen LogP contribution in [0.3, 0.4) is 0 Å². The van der Waals surface area contributed by atoms with Crippen molar-refractivity contribution in [1.82, 2.24) is 10.1 Å². The fourth-order valence-corrected chi connectivity index (χ4v) is 3.03. The number of nitrogens with zero attached hydrogens (tertiary/aromatic N) is 2. The number of amides is 1. The second kappa shape index (κ2) is 5.65. The van der Waals surface area contributed by atoms with Crippen LogP contribution in [0.25, 0.3) is 0 Å². The molecule has 1 aromatic heterocycles. The maximum atomic E-state index is 12.5. The third kappa shape index (κ3) is 3.27. The first-order chi connectivity index (χ1) is 9.80. The second-order valence-electron chi connectivity index (χ2n) is 4.57. The Kier molecular flexibility index (Phi) is 4.08. The van der Waals surface area contributed by atoms with Crippen LogP contribution in [0, 0.1) is 6.92 Å². The van der Waals surface area contributed by atoms with Crippen molar-refractivity contribution in [2.75, 3.05) is 5.32 Å². The van der Waals surface area contributed by atoms with Crippen molar-refractivity contribution in [2.24, 2.45) is 0 Å².